The van der Waals surface area contributed by atoms with Gasteiger partial charge in [-0.05, 0) is 72.7 Å². The van der Waals surface area contributed by atoms with Crippen LogP contribution in [0.3, 0.4) is 0 Å². The van der Waals surface area contributed by atoms with Crippen molar-refractivity contribution in [2.24, 2.45) is 0 Å². The highest BCUT2D eigenvalue weighted by atomic mass is 35.5. The molecule has 1 aliphatic carbocycles. The van der Waals surface area contributed by atoms with Gasteiger partial charge in [-0.15, -0.1) is 0 Å². The molecule has 0 saturated heterocycles. The van der Waals surface area contributed by atoms with Gasteiger partial charge in [0.25, 0.3) is 15.9 Å². The van der Waals surface area contributed by atoms with E-state index >= 15 is 0 Å². The van der Waals surface area contributed by atoms with E-state index in [0.717, 1.165) is 34.7 Å². The molecule has 28 heavy (non-hydrogen) atoms. The van der Waals surface area contributed by atoms with E-state index in [1.165, 1.54) is 7.05 Å². The molecule has 0 fully saturated rings. The van der Waals surface area contributed by atoms with Crippen LogP contribution in [0.4, 0.5) is 5.69 Å². The van der Waals surface area contributed by atoms with Gasteiger partial charge in [-0.2, -0.15) is 0 Å². The van der Waals surface area contributed by atoms with Gasteiger partial charge in [0.05, 0.1) is 11.3 Å². The third kappa shape index (κ3) is 3.08. The van der Waals surface area contributed by atoms with Crippen LogP contribution >= 0.6 is 11.6 Å². The van der Waals surface area contributed by atoms with Gasteiger partial charge in [-0.25, -0.2) is 12.7 Å². The minimum Gasteiger partial charge on any atom is -0.322 e. The molecule has 1 N–H and O–H groups in total. The summed E-state index contributed by atoms with van der Waals surface area (Å²) in [6, 6.07) is 8.34. The number of carbonyl (C=O) groups is 2. The molecule has 0 saturated carbocycles. The lowest BCUT2D eigenvalue weighted by Crippen LogP contribution is -2.40. The molecule has 8 heteroatoms. The van der Waals surface area contributed by atoms with Gasteiger partial charge in [0.15, 0.2) is 0 Å². The minimum atomic E-state index is -3.95. The number of anilines is 1. The predicted molar refractivity (Wildman–Crippen MR) is 106 cm³/mol. The van der Waals surface area contributed by atoms with Gasteiger partial charge >= 0.3 is 0 Å². The van der Waals surface area contributed by atoms with Crippen LogP contribution in [0.5, 0.6) is 0 Å². The number of nitrogens with zero attached hydrogens (tertiary/aromatic N) is 1. The number of carbonyl (C=O) groups excluding carboxylic acids is 2. The van der Waals surface area contributed by atoms with Crippen LogP contribution < -0.4 is 5.32 Å². The molecule has 2 aromatic carbocycles. The van der Waals surface area contributed by atoms with Crippen molar-refractivity contribution in [2.75, 3.05) is 12.4 Å². The number of sulfonamides is 1. The maximum Gasteiger partial charge on any atom is 0.266 e. The monoisotopic (exact) mass is 418 g/mol. The summed E-state index contributed by atoms with van der Waals surface area (Å²) in [5, 5.41) is 3.37. The maximum absolute atomic E-state index is 13.2. The molecule has 4 rings (SSSR count). The zero-order chi connectivity index (χ0) is 20.1. The molecule has 0 radical (unpaired) electrons. The summed E-state index contributed by atoms with van der Waals surface area (Å²) in [7, 11) is -2.69. The zero-order valence-electron chi connectivity index (χ0n) is 15.3. The number of hydrogen-bond acceptors (Lipinski definition) is 4. The summed E-state index contributed by atoms with van der Waals surface area (Å²) in [5.41, 5.74) is 2.91. The third-order valence-corrected chi connectivity index (χ3v) is 7.46. The average molecular weight is 419 g/mol. The van der Waals surface area contributed by atoms with Gasteiger partial charge in [-0.1, -0.05) is 11.6 Å². The molecule has 0 atom stereocenters. The molecule has 1 heterocycles. The number of benzene rings is 2. The number of likely N-dealkylation sites (N-methyl/N-ethyl adjacent to an activating group) is 1. The van der Waals surface area contributed by atoms with E-state index in [4.69, 9.17) is 11.6 Å². The summed E-state index contributed by atoms with van der Waals surface area (Å²) in [5.74, 6) is -0.936. The Morgan fingerprint density at radius 3 is 2.50 bits per heavy atom. The Labute approximate surface area is 168 Å². The third-order valence-electron chi connectivity index (χ3n) is 5.36. The molecule has 0 aromatic heterocycles. The lowest BCUT2D eigenvalue weighted by atomic mass is 9.84. The van der Waals surface area contributed by atoms with Crippen LogP contribution in [0.25, 0.3) is 0 Å². The van der Waals surface area contributed by atoms with Gasteiger partial charge in [0, 0.05) is 23.3 Å². The largest absolute Gasteiger partial charge is 0.322 e. The summed E-state index contributed by atoms with van der Waals surface area (Å²) < 4.78 is 26.4. The Balaban J connectivity index is 1.88. The quantitative estimate of drug-likeness (QED) is 0.811. The fourth-order valence-corrected chi connectivity index (χ4v) is 5.41. The summed E-state index contributed by atoms with van der Waals surface area (Å²) in [4.78, 5) is 25.6. The van der Waals surface area contributed by atoms with Crippen LogP contribution in [-0.2, 0) is 34.1 Å². The first-order valence-electron chi connectivity index (χ1n) is 9.05. The topological polar surface area (TPSA) is 83.6 Å². The van der Waals surface area contributed by atoms with Crippen molar-refractivity contribution in [3.63, 3.8) is 0 Å². The highest BCUT2D eigenvalue weighted by molar-refractivity contribution is 7.89. The molecular formula is C20H19ClN2O4S. The van der Waals surface area contributed by atoms with Crippen molar-refractivity contribution in [3.05, 3.63) is 57.6 Å². The average Bonchev–Trinajstić information content (AvgIpc) is 2.67. The summed E-state index contributed by atoms with van der Waals surface area (Å²) in [6.07, 6.45) is 3.17. The highest BCUT2D eigenvalue weighted by Gasteiger charge is 2.38. The SMILES string of the molecule is CN1C(=O)Cc2c(cc3c(c2C(=O)Nc2ccc(Cl)cc2)CCCC3)S1(=O)=O. The fraction of sp³-hybridized carbons (Fsp3) is 0.300. The van der Waals surface area contributed by atoms with Crippen LogP contribution in [0, 0.1) is 0 Å². The van der Waals surface area contributed by atoms with Crippen molar-refractivity contribution in [1.82, 2.24) is 4.31 Å². The highest BCUT2D eigenvalue weighted by Crippen LogP contribution is 2.36. The predicted octanol–water partition coefficient (Wildman–Crippen LogP) is 3.17. The minimum absolute atomic E-state index is 0.0662. The molecule has 1 aliphatic heterocycles. The Morgan fingerprint density at radius 1 is 1.11 bits per heavy atom. The number of hydrogen-bond donors (Lipinski definition) is 1. The molecule has 2 aromatic rings. The lowest BCUT2D eigenvalue weighted by molar-refractivity contribution is -0.125. The molecule has 2 aliphatic rings. The normalized spacial score (nSPS) is 17.6. The van der Waals surface area contributed by atoms with Crippen molar-refractivity contribution in [3.8, 4) is 0 Å². The first kappa shape index (κ1) is 19.0. The Kier molecular flexibility index (Phi) is 4.67. The van der Waals surface area contributed by atoms with Crippen molar-refractivity contribution in [2.45, 2.75) is 37.0 Å². The lowest BCUT2D eigenvalue weighted by Gasteiger charge is -2.30. The van der Waals surface area contributed by atoms with E-state index < -0.39 is 21.8 Å². The molecule has 6 nitrogen and oxygen atoms in total. The maximum atomic E-state index is 13.2. The van der Waals surface area contributed by atoms with Gasteiger partial charge in [-0.3, -0.25) is 9.59 Å². The standard InChI is InChI=1S/C20H19ClN2O4S/c1-23-18(24)11-16-17(28(23,26)27)10-12-4-2-3-5-15(12)19(16)20(25)22-14-8-6-13(21)7-9-14/h6-10H,2-5,11H2,1H3,(H,22,25). The van der Waals surface area contributed by atoms with E-state index in [0.29, 0.717) is 28.3 Å². The van der Waals surface area contributed by atoms with Crippen molar-refractivity contribution >= 4 is 39.1 Å². The van der Waals surface area contributed by atoms with Crippen LogP contribution in [0.15, 0.2) is 35.2 Å². The summed E-state index contributed by atoms with van der Waals surface area (Å²) >= 11 is 5.89. The number of amides is 2. The molecule has 2 amide bonds. The second-order valence-corrected chi connectivity index (χ2v) is 9.45. The fourth-order valence-electron chi connectivity index (χ4n) is 3.87. The van der Waals surface area contributed by atoms with E-state index in [9.17, 15) is 18.0 Å². The van der Waals surface area contributed by atoms with Gasteiger partial charge in [0.1, 0.15) is 0 Å². The molecule has 0 spiro atoms. The Hall–Kier alpha value is -2.38. The Morgan fingerprint density at radius 2 is 1.79 bits per heavy atom. The second kappa shape index (κ2) is 6.90. The van der Waals surface area contributed by atoms with Gasteiger partial charge < -0.3 is 5.32 Å². The van der Waals surface area contributed by atoms with Crippen LogP contribution in [0.1, 0.15) is 39.9 Å². The second-order valence-electron chi connectivity index (χ2n) is 7.08. The van der Waals surface area contributed by atoms with Crippen molar-refractivity contribution in [1.29, 1.82) is 0 Å². The molecule has 146 valence electrons. The molecule has 0 unspecified atom stereocenters. The van der Waals surface area contributed by atoms with E-state index in [1.807, 2.05) is 0 Å². The first-order valence-corrected chi connectivity index (χ1v) is 10.9. The van der Waals surface area contributed by atoms with E-state index in [2.05, 4.69) is 5.32 Å². The number of halogens is 1. The van der Waals surface area contributed by atoms with Gasteiger partial charge in [0.2, 0.25) is 5.91 Å². The van der Waals surface area contributed by atoms with Crippen LogP contribution in [-0.4, -0.2) is 31.6 Å². The smallest absolute Gasteiger partial charge is 0.266 e. The van der Waals surface area contributed by atoms with Crippen LogP contribution in [0.2, 0.25) is 5.02 Å². The Bertz CT molecular complexity index is 1090. The number of rotatable bonds is 2. The number of nitrogens with one attached hydrogen (secondary N) is 1. The van der Waals surface area contributed by atoms with Crippen molar-refractivity contribution < 1.29 is 18.0 Å². The summed E-state index contributed by atoms with van der Waals surface area (Å²) in [6.45, 7) is 0. The zero-order valence-corrected chi connectivity index (χ0v) is 16.9. The van der Waals surface area contributed by atoms with E-state index in [-0.39, 0.29) is 11.3 Å². The molecular weight excluding hydrogens is 400 g/mol. The number of aryl methyl sites for hydroxylation is 1. The van der Waals surface area contributed by atoms with E-state index in [1.54, 1.807) is 30.3 Å². The number of fused-ring (bicyclic) bond motifs is 2. The first-order chi connectivity index (χ1) is 13.3. The molecule has 0 bridgehead atoms.